The predicted octanol–water partition coefficient (Wildman–Crippen LogP) is 2.33. The third kappa shape index (κ3) is 2.86. The minimum Gasteiger partial charge on any atom is -0.444 e. The van der Waals surface area contributed by atoms with Gasteiger partial charge in [0.2, 0.25) is 0 Å². The van der Waals surface area contributed by atoms with Gasteiger partial charge in [0.25, 0.3) is 5.56 Å². The minimum absolute atomic E-state index is 0.220. The maximum atomic E-state index is 11.5. The number of rotatable bonds is 1. The van der Waals surface area contributed by atoms with E-state index in [1.807, 2.05) is 0 Å². The lowest BCUT2D eigenvalue weighted by Gasteiger charge is -2.18. The third-order valence-corrected chi connectivity index (χ3v) is 2.91. The maximum absolute atomic E-state index is 11.5. The fourth-order valence-electron chi connectivity index (χ4n) is 1.31. The van der Waals surface area contributed by atoms with E-state index in [4.69, 9.17) is 4.74 Å². The van der Waals surface area contributed by atoms with Crippen LogP contribution < -0.4 is 10.9 Å². The SMILES string of the molecule is CC(C)(C)OC(=O)Nc1nc2cc[nH]c(=O)c2s1. The van der Waals surface area contributed by atoms with E-state index in [9.17, 15) is 9.59 Å². The van der Waals surface area contributed by atoms with Crippen molar-refractivity contribution in [1.82, 2.24) is 9.97 Å². The molecule has 0 saturated carbocycles. The fourth-order valence-corrected chi connectivity index (χ4v) is 2.16. The van der Waals surface area contributed by atoms with Gasteiger partial charge < -0.3 is 9.72 Å². The zero-order chi connectivity index (χ0) is 13.3. The number of carbonyl (C=O) groups excluding carboxylic acids is 1. The van der Waals surface area contributed by atoms with Gasteiger partial charge in [-0.3, -0.25) is 10.1 Å². The van der Waals surface area contributed by atoms with Crippen LogP contribution in [0, 0.1) is 0 Å². The molecule has 0 aromatic carbocycles. The molecule has 1 amide bonds. The molecule has 0 atom stereocenters. The summed E-state index contributed by atoms with van der Waals surface area (Å²) in [6.45, 7) is 5.32. The number of pyridine rings is 1. The first kappa shape index (κ1) is 12.6. The number of hydrogen-bond acceptors (Lipinski definition) is 5. The lowest BCUT2D eigenvalue weighted by atomic mass is 10.2. The highest BCUT2D eigenvalue weighted by Gasteiger charge is 2.17. The van der Waals surface area contributed by atoms with Gasteiger partial charge >= 0.3 is 6.09 Å². The molecule has 2 rings (SSSR count). The maximum Gasteiger partial charge on any atom is 0.413 e. The van der Waals surface area contributed by atoms with Crippen molar-refractivity contribution in [3.8, 4) is 0 Å². The largest absolute Gasteiger partial charge is 0.444 e. The molecule has 2 heterocycles. The predicted molar refractivity (Wildman–Crippen MR) is 70.1 cm³/mol. The van der Waals surface area contributed by atoms with E-state index >= 15 is 0 Å². The second kappa shape index (κ2) is 4.41. The molecule has 2 aromatic rings. The number of carbonyl (C=O) groups is 1. The van der Waals surface area contributed by atoms with Gasteiger partial charge in [0.1, 0.15) is 10.3 Å². The summed E-state index contributed by atoms with van der Waals surface area (Å²) in [6, 6.07) is 1.67. The number of hydrogen-bond donors (Lipinski definition) is 2. The van der Waals surface area contributed by atoms with Crippen molar-refractivity contribution in [3.63, 3.8) is 0 Å². The van der Waals surface area contributed by atoms with Crippen LogP contribution in [0.3, 0.4) is 0 Å². The van der Waals surface area contributed by atoms with Crippen LogP contribution in [-0.4, -0.2) is 21.7 Å². The van der Waals surface area contributed by atoms with Gasteiger partial charge in [0.05, 0.1) is 5.52 Å². The molecule has 6 nitrogen and oxygen atoms in total. The molecule has 2 aromatic heterocycles. The lowest BCUT2D eigenvalue weighted by molar-refractivity contribution is 0.0636. The number of H-pyrrole nitrogens is 1. The number of nitrogens with zero attached hydrogens (tertiary/aromatic N) is 1. The summed E-state index contributed by atoms with van der Waals surface area (Å²) in [7, 11) is 0. The van der Waals surface area contributed by atoms with E-state index in [0.29, 0.717) is 15.3 Å². The van der Waals surface area contributed by atoms with Gasteiger partial charge in [-0.25, -0.2) is 9.78 Å². The number of aromatic nitrogens is 2. The average molecular weight is 267 g/mol. The normalized spacial score (nSPS) is 11.5. The Bertz CT molecular complexity index is 639. The number of anilines is 1. The van der Waals surface area contributed by atoms with Gasteiger partial charge in [-0.2, -0.15) is 0 Å². The van der Waals surface area contributed by atoms with Crippen LogP contribution in [0.4, 0.5) is 9.93 Å². The average Bonchev–Trinajstić information content (AvgIpc) is 2.58. The van der Waals surface area contributed by atoms with Crippen molar-refractivity contribution in [1.29, 1.82) is 0 Å². The second-order valence-corrected chi connectivity index (χ2v) is 5.67. The Morgan fingerprint density at radius 3 is 2.83 bits per heavy atom. The fraction of sp³-hybridized carbons (Fsp3) is 0.364. The topological polar surface area (TPSA) is 84.1 Å². The van der Waals surface area contributed by atoms with E-state index in [2.05, 4.69) is 15.3 Å². The van der Waals surface area contributed by atoms with Gasteiger partial charge in [-0.05, 0) is 26.8 Å². The van der Waals surface area contributed by atoms with Gasteiger partial charge in [0.15, 0.2) is 5.13 Å². The van der Waals surface area contributed by atoms with E-state index in [0.717, 1.165) is 11.3 Å². The number of ether oxygens (including phenoxy) is 1. The molecule has 7 heteroatoms. The molecule has 96 valence electrons. The lowest BCUT2D eigenvalue weighted by Crippen LogP contribution is -2.27. The van der Waals surface area contributed by atoms with Crippen molar-refractivity contribution in [3.05, 3.63) is 22.6 Å². The highest BCUT2D eigenvalue weighted by atomic mass is 32.1. The number of amides is 1. The summed E-state index contributed by atoms with van der Waals surface area (Å²) in [6.07, 6.45) is 0.930. The third-order valence-electron chi connectivity index (χ3n) is 1.92. The van der Waals surface area contributed by atoms with Crippen molar-refractivity contribution >= 4 is 32.8 Å². The molecule has 18 heavy (non-hydrogen) atoms. The van der Waals surface area contributed by atoms with Crippen molar-refractivity contribution in [2.45, 2.75) is 26.4 Å². The first-order valence-electron chi connectivity index (χ1n) is 5.33. The summed E-state index contributed by atoms with van der Waals surface area (Å²) in [4.78, 5) is 29.7. The van der Waals surface area contributed by atoms with E-state index in [1.165, 1.54) is 6.20 Å². The Balaban J connectivity index is 2.20. The molecule has 0 aliphatic rings. The molecule has 0 aliphatic carbocycles. The first-order valence-corrected chi connectivity index (χ1v) is 6.15. The molecule has 0 fully saturated rings. The van der Waals surface area contributed by atoms with Crippen molar-refractivity contribution in [2.75, 3.05) is 5.32 Å². The van der Waals surface area contributed by atoms with Crippen LogP contribution in [0.25, 0.3) is 10.2 Å². The Morgan fingerprint density at radius 1 is 1.50 bits per heavy atom. The Hall–Kier alpha value is -1.89. The minimum atomic E-state index is -0.585. The van der Waals surface area contributed by atoms with Crippen LogP contribution in [-0.2, 0) is 4.74 Å². The van der Waals surface area contributed by atoms with Crippen LogP contribution in [0.1, 0.15) is 20.8 Å². The first-order chi connectivity index (χ1) is 8.35. The van der Waals surface area contributed by atoms with E-state index < -0.39 is 11.7 Å². The standard InChI is InChI=1S/C11H13N3O3S/c1-11(2,3)17-10(16)14-9-13-6-4-5-12-8(15)7(6)18-9/h4-5H,1-3H3,(H,12,15)(H,13,14,16). The Labute approximate surface area is 107 Å². The Kier molecular flexibility index (Phi) is 3.08. The monoisotopic (exact) mass is 267 g/mol. The summed E-state index contributed by atoms with van der Waals surface area (Å²) in [5.74, 6) is 0. The zero-order valence-electron chi connectivity index (χ0n) is 10.2. The zero-order valence-corrected chi connectivity index (χ0v) is 11.1. The molecule has 0 aliphatic heterocycles. The summed E-state index contributed by atoms with van der Waals surface area (Å²) >= 11 is 1.11. The highest BCUT2D eigenvalue weighted by molar-refractivity contribution is 7.22. The molecule has 0 bridgehead atoms. The summed E-state index contributed by atoms with van der Waals surface area (Å²) < 4.78 is 5.57. The Morgan fingerprint density at radius 2 is 2.22 bits per heavy atom. The summed E-state index contributed by atoms with van der Waals surface area (Å²) in [5.41, 5.74) is -0.241. The number of nitrogens with one attached hydrogen (secondary N) is 2. The van der Waals surface area contributed by atoms with Crippen LogP contribution in [0.15, 0.2) is 17.1 Å². The number of aromatic amines is 1. The molecule has 0 spiro atoms. The molecule has 2 N–H and O–H groups in total. The molecule has 0 saturated heterocycles. The quantitative estimate of drug-likeness (QED) is 0.830. The van der Waals surface area contributed by atoms with Crippen LogP contribution in [0.2, 0.25) is 0 Å². The summed E-state index contributed by atoms with van der Waals surface area (Å²) in [5, 5.41) is 2.85. The van der Waals surface area contributed by atoms with Crippen molar-refractivity contribution < 1.29 is 9.53 Å². The molecular weight excluding hydrogens is 254 g/mol. The van der Waals surface area contributed by atoms with E-state index in [-0.39, 0.29) is 5.56 Å². The van der Waals surface area contributed by atoms with Gasteiger partial charge in [-0.15, -0.1) is 0 Å². The van der Waals surface area contributed by atoms with Gasteiger partial charge in [0, 0.05) is 6.20 Å². The highest BCUT2D eigenvalue weighted by Crippen LogP contribution is 2.22. The molecule has 0 unspecified atom stereocenters. The number of fused-ring (bicyclic) bond motifs is 1. The molecule has 0 radical (unpaired) electrons. The smallest absolute Gasteiger partial charge is 0.413 e. The van der Waals surface area contributed by atoms with E-state index in [1.54, 1.807) is 26.8 Å². The number of thiazole rings is 1. The molecular formula is C11H13N3O3S. The van der Waals surface area contributed by atoms with Crippen LogP contribution in [0.5, 0.6) is 0 Å². The second-order valence-electron chi connectivity index (χ2n) is 4.67. The van der Waals surface area contributed by atoms with Gasteiger partial charge in [-0.1, -0.05) is 11.3 Å². The van der Waals surface area contributed by atoms with Crippen LogP contribution >= 0.6 is 11.3 Å². The van der Waals surface area contributed by atoms with Crippen molar-refractivity contribution in [2.24, 2.45) is 0 Å².